The van der Waals surface area contributed by atoms with Crippen molar-refractivity contribution in [2.45, 2.75) is 33.0 Å². The molecule has 0 bridgehead atoms. The molecule has 0 aromatic carbocycles. The van der Waals surface area contributed by atoms with E-state index < -0.39 is 12.0 Å². The first kappa shape index (κ1) is 17.2. The average molecular weight is 384 g/mol. The number of aromatic nitrogens is 4. The Morgan fingerprint density at radius 2 is 2.13 bits per heavy atom. The molecule has 0 saturated heterocycles. The number of hydrogen-bond donors (Lipinski definition) is 1. The molecular weight excluding hydrogens is 366 g/mol. The summed E-state index contributed by atoms with van der Waals surface area (Å²) in [6.45, 7) is 4.49. The van der Waals surface area contributed by atoms with Gasteiger partial charge in [0, 0.05) is 19.8 Å². The molecule has 2 aromatic rings. The number of carbonyl (C=O) groups excluding carboxylic acids is 1. The smallest absolute Gasteiger partial charge is 0.328 e. The Morgan fingerprint density at radius 3 is 2.74 bits per heavy atom. The zero-order valence-electron chi connectivity index (χ0n) is 13.1. The number of carboxylic acid groups (broad SMARTS) is 1. The van der Waals surface area contributed by atoms with Crippen LogP contribution in [0.1, 0.15) is 36.1 Å². The highest BCUT2D eigenvalue weighted by Gasteiger charge is 2.24. The Morgan fingerprint density at radius 1 is 1.43 bits per heavy atom. The van der Waals surface area contributed by atoms with Crippen molar-refractivity contribution in [3.8, 4) is 0 Å². The summed E-state index contributed by atoms with van der Waals surface area (Å²) in [6, 6.07) is 0.606. The van der Waals surface area contributed by atoms with E-state index in [9.17, 15) is 9.59 Å². The van der Waals surface area contributed by atoms with E-state index in [1.165, 1.54) is 28.8 Å². The maximum absolute atomic E-state index is 12.6. The van der Waals surface area contributed by atoms with Gasteiger partial charge in [0.05, 0.1) is 22.9 Å². The van der Waals surface area contributed by atoms with Gasteiger partial charge in [-0.2, -0.15) is 10.2 Å². The van der Waals surface area contributed by atoms with Gasteiger partial charge in [-0.15, -0.1) is 0 Å². The summed E-state index contributed by atoms with van der Waals surface area (Å²) in [7, 11) is 1.66. The lowest BCUT2D eigenvalue weighted by atomic mass is 10.3. The molecule has 8 nitrogen and oxygen atoms in total. The minimum atomic E-state index is -1.04. The van der Waals surface area contributed by atoms with Crippen molar-refractivity contribution in [3.63, 3.8) is 0 Å². The monoisotopic (exact) mass is 383 g/mol. The second-order valence-corrected chi connectivity index (χ2v) is 5.95. The summed E-state index contributed by atoms with van der Waals surface area (Å²) in [5.41, 5.74) is 1.11. The van der Waals surface area contributed by atoms with Crippen LogP contribution in [0.15, 0.2) is 22.9 Å². The van der Waals surface area contributed by atoms with Crippen molar-refractivity contribution in [1.29, 1.82) is 0 Å². The summed E-state index contributed by atoms with van der Waals surface area (Å²) >= 11 is 3.42. The van der Waals surface area contributed by atoms with Gasteiger partial charge >= 0.3 is 5.97 Å². The standard InChI is InChI=1S/C14H18BrN5O3/c1-4-19-12(10(15)7-17-19)8-18(3)13(21)11-5-6-16-20(11)9(2)14(22)23/h5-7,9H,4,8H2,1-3H3,(H,22,23). The third kappa shape index (κ3) is 3.44. The lowest BCUT2D eigenvalue weighted by Crippen LogP contribution is -2.31. The van der Waals surface area contributed by atoms with Crippen molar-refractivity contribution in [1.82, 2.24) is 24.5 Å². The van der Waals surface area contributed by atoms with Crippen molar-refractivity contribution < 1.29 is 14.7 Å². The highest BCUT2D eigenvalue weighted by atomic mass is 79.9. The molecule has 0 saturated carbocycles. The quantitative estimate of drug-likeness (QED) is 0.820. The summed E-state index contributed by atoms with van der Waals surface area (Å²) in [5.74, 6) is -1.34. The number of hydrogen-bond acceptors (Lipinski definition) is 4. The second-order valence-electron chi connectivity index (χ2n) is 5.09. The summed E-state index contributed by atoms with van der Waals surface area (Å²) in [6.07, 6.45) is 3.11. The summed E-state index contributed by atoms with van der Waals surface area (Å²) in [4.78, 5) is 25.3. The number of rotatable bonds is 6. The van der Waals surface area contributed by atoms with E-state index >= 15 is 0 Å². The van der Waals surface area contributed by atoms with Gasteiger partial charge in [-0.1, -0.05) is 0 Å². The molecule has 1 amide bonds. The Bertz CT molecular complexity index is 724. The van der Waals surface area contributed by atoms with Crippen LogP contribution in [0, 0.1) is 0 Å². The maximum Gasteiger partial charge on any atom is 0.328 e. The van der Waals surface area contributed by atoms with Crippen LogP contribution in [0.5, 0.6) is 0 Å². The van der Waals surface area contributed by atoms with Crippen molar-refractivity contribution >= 4 is 27.8 Å². The van der Waals surface area contributed by atoms with E-state index in [0.717, 1.165) is 10.2 Å². The Hall–Kier alpha value is -2.16. The van der Waals surface area contributed by atoms with E-state index in [4.69, 9.17) is 5.11 Å². The molecule has 1 N–H and O–H groups in total. The number of halogens is 1. The van der Waals surface area contributed by atoms with Gasteiger partial charge in [0.1, 0.15) is 11.7 Å². The molecule has 2 aromatic heterocycles. The Balaban J connectivity index is 2.22. The van der Waals surface area contributed by atoms with Gasteiger partial charge < -0.3 is 10.0 Å². The molecule has 0 aliphatic carbocycles. The van der Waals surface area contributed by atoms with E-state index in [0.29, 0.717) is 13.1 Å². The van der Waals surface area contributed by atoms with Gasteiger partial charge in [-0.25, -0.2) is 9.48 Å². The fourth-order valence-corrected chi connectivity index (χ4v) is 2.63. The first-order valence-corrected chi connectivity index (χ1v) is 7.88. The lowest BCUT2D eigenvalue weighted by molar-refractivity contribution is -0.140. The number of aliphatic carboxylic acids is 1. The average Bonchev–Trinajstić information content (AvgIpc) is 3.13. The minimum Gasteiger partial charge on any atom is -0.480 e. The summed E-state index contributed by atoms with van der Waals surface area (Å²) in [5, 5.41) is 17.3. The van der Waals surface area contributed by atoms with Gasteiger partial charge in [-0.05, 0) is 35.8 Å². The van der Waals surface area contributed by atoms with Crippen molar-refractivity contribution in [3.05, 3.63) is 34.3 Å². The first-order chi connectivity index (χ1) is 10.9. The summed E-state index contributed by atoms with van der Waals surface area (Å²) < 4.78 is 3.84. The zero-order valence-corrected chi connectivity index (χ0v) is 14.7. The highest BCUT2D eigenvalue weighted by Crippen LogP contribution is 2.19. The van der Waals surface area contributed by atoms with E-state index in [1.807, 2.05) is 6.92 Å². The van der Waals surface area contributed by atoms with E-state index in [-0.39, 0.29) is 11.6 Å². The molecule has 2 rings (SSSR count). The van der Waals surface area contributed by atoms with Crippen LogP contribution in [0.2, 0.25) is 0 Å². The largest absolute Gasteiger partial charge is 0.480 e. The van der Waals surface area contributed by atoms with Crippen molar-refractivity contribution in [2.75, 3.05) is 7.05 Å². The molecule has 0 aliphatic rings. The van der Waals surface area contributed by atoms with Gasteiger partial charge in [0.2, 0.25) is 0 Å². The third-order valence-corrected chi connectivity index (χ3v) is 4.21. The van der Waals surface area contributed by atoms with Gasteiger partial charge in [0.15, 0.2) is 0 Å². The molecule has 9 heteroatoms. The number of aryl methyl sites for hydroxylation is 1. The first-order valence-electron chi connectivity index (χ1n) is 7.08. The van der Waals surface area contributed by atoms with E-state index in [1.54, 1.807) is 17.9 Å². The Kier molecular flexibility index (Phi) is 5.19. The molecule has 2 heterocycles. The van der Waals surface area contributed by atoms with Crippen LogP contribution < -0.4 is 0 Å². The molecule has 124 valence electrons. The minimum absolute atomic E-state index is 0.237. The maximum atomic E-state index is 12.6. The molecule has 0 aliphatic heterocycles. The molecular formula is C14H18BrN5O3. The Labute approximate surface area is 141 Å². The molecule has 0 radical (unpaired) electrons. The molecule has 23 heavy (non-hydrogen) atoms. The SMILES string of the molecule is CCn1ncc(Br)c1CN(C)C(=O)c1ccnn1C(C)C(=O)O. The number of nitrogens with zero attached hydrogens (tertiary/aromatic N) is 5. The van der Waals surface area contributed by atoms with Crippen LogP contribution in [0.3, 0.4) is 0 Å². The molecule has 1 unspecified atom stereocenters. The van der Waals surface area contributed by atoms with Crippen LogP contribution in [0.4, 0.5) is 0 Å². The molecule has 0 fully saturated rings. The normalized spacial score (nSPS) is 12.2. The van der Waals surface area contributed by atoms with Crippen molar-refractivity contribution in [2.24, 2.45) is 0 Å². The fraction of sp³-hybridized carbons (Fsp3) is 0.429. The number of carbonyl (C=O) groups is 2. The third-order valence-electron chi connectivity index (χ3n) is 3.54. The van der Waals surface area contributed by atoms with Crippen LogP contribution in [-0.2, 0) is 17.9 Å². The lowest BCUT2D eigenvalue weighted by Gasteiger charge is -2.19. The zero-order chi connectivity index (χ0) is 17.1. The topological polar surface area (TPSA) is 93.3 Å². The van der Waals surface area contributed by atoms with Gasteiger partial charge in [0.25, 0.3) is 5.91 Å². The van der Waals surface area contributed by atoms with Gasteiger partial charge in [-0.3, -0.25) is 9.48 Å². The van der Waals surface area contributed by atoms with Crippen LogP contribution >= 0.6 is 15.9 Å². The highest BCUT2D eigenvalue weighted by molar-refractivity contribution is 9.10. The molecule has 1 atom stereocenters. The number of carboxylic acids is 1. The van der Waals surface area contributed by atoms with Crippen LogP contribution in [-0.4, -0.2) is 48.5 Å². The predicted octanol–water partition coefficient (Wildman–Crippen LogP) is 1.78. The number of amides is 1. The predicted molar refractivity (Wildman–Crippen MR) is 86.0 cm³/mol. The fourth-order valence-electron chi connectivity index (χ4n) is 2.21. The van der Waals surface area contributed by atoms with E-state index in [2.05, 4.69) is 26.1 Å². The second kappa shape index (κ2) is 6.95. The van der Waals surface area contributed by atoms with Crippen LogP contribution in [0.25, 0.3) is 0 Å². The molecule has 0 spiro atoms.